The number of ether oxygens (including phenoxy) is 2. The van der Waals surface area contributed by atoms with Crippen molar-refractivity contribution in [3.63, 3.8) is 0 Å². The maximum Gasteiger partial charge on any atom is 0.261 e. The summed E-state index contributed by atoms with van der Waals surface area (Å²) in [6.07, 6.45) is 3.05. The van der Waals surface area contributed by atoms with Crippen molar-refractivity contribution in [2.24, 2.45) is 0 Å². The molecule has 0 N–H and O–H groups in total. The minimum absolute atomic E-state index is 0.0121. The van der Waals surface area contributed by atoms with Crippen LogP contribution in [-0.4, -0.2) is 0 Å². The zero-order valence-corrected chi connectivity index (χ0v) is 13.8. The van der Waals surface area contributed by atoms with Crippen molar-refractivity contribution in [2.75, 3.05) is 0 Å². The molecule has 3 aromatic rings. The Bertz CT molecular complexity index is 931. The highest BCUT2D eigenvalue weighted by molar-refractivity contribution is 5.65. The van der Waals surface area contributed by atoms with E-state index in [4.69, 9.17) is 9.47 Å². The molecule has 25 heavy (non-hydrogen) atoms. The van der Waals surface area contributed by atoms with Gasteiger partial charge in [-0.2, -0.15) is 0 Å². The van der Waals surface area contributed by atoms with Gasteiger partial charge in [0, 0.05) is 23.1 Å². The van der Waals surface area contributed by atoms with Crippen LogP contribution in [0.5, 0.6) is 5.75 Å². The van der Waals surface area contributed by atoms with Crippen LogP contribution in [0, 0.1) is 0 Å². The van der Waals surface area contributed by atoms with Crippen LogP contribution in [0.25, 0.3) is 6.08 Å². The van der Waals surface area contributed by atoms with Gasteiger partial charge in [-0.3, -0.25) is 0 Å². The lowest BCUT2D eigenvalue weighted by atomic mass is 9.91. The zero-order chi connectivity index (χ0) is 16.7. The lowest BCUT2D eigenvalue weighted by molar-refractivity contribution is -0.164. The molecular weight excluding hydrogens is 308 g/mol. The Morgan fingerprint density at radius 1 is 0.760 bits per heavy atom. The fraction of sp³-hybridized carbons (Fsp3) is 0.130. The van der Waals surface area contributed by atoms with Gasteiger partial charge in [0.05, 0.1) is 6.10 Å². The first-order chi connectivity index (χ1) is 12.4. The smallest absolute Gasteiger partial charge is 0.261 e. The molecule has 0 amide bonds. The van der Waals surface area contributed by atoms with Crippen molar-refractivity contribution in [1.82, 2.24) is 0 Å². The third-order valence-electron chi connectivity index (χ3n) is 4.96. The van der Waals surface area contributed by atoms with Crippen LogP contribution in [0.15, 0.2) is 90.5 Å². The number of rotatable bonds is 2. The third-order valence-corrected chi connectivity index (χ3v) is 4.96. The summed E-state index contributed by atoms with van der Waals surface area (Å²) in [5.41, 5.74) is 4.50. The Balaban J connectivity index is 1.65. The summed E-state index contributed by atoms with van der Waals surface area (Å²) < 4.78 is 13.1. The van der Waals surface area contributed by atoms with Crippen LogP contribution < -0.4 is 4.74 Å². The quantitative estimate of drug-likeness (QED) is 0.621. The predicted octanol–water partition coefficient (Wildman–Crippen LogP) is 5.48. The lowest BCUT2D eigenvalue weighted by Gasteiger charge is -2.35. The monoisotopic (exact) mass is 326 g/mol. The van der Waals surface area contributed by atoms with E-state index < -0.39 is 5.79 Å². The Hall–Kier alpha value is -2.84. The Kier molecular flexibility index (Phi) is 3.25. The molecule has 2 aliphatic heterocycles. The van der Waals surface area contributed by atoms with Crippen molar-refractivity contribution in [1.29, 1.82) is 0 Å². The van der Waals surface area contributed by atoms with Gasteiger partial charge < -0.3 is 9.47 Å². The molecule has 2 atom stereocenters. The van der Waals surface area contributed by atoms with Crippen LogP contribution >= 0.6 is 0 Å². The van der Waals surface area contributed by atoms with Crippen LogP contribution in [0.1, 0.15) is 29.2 Å². The van der Waals surface area contributed by atoms with Gasteiger partial charge in [-0.05, 0) is 17.7 Å². The van der Waals surface area contributed by atoms with Crippen molar-refractivity contribution >= 4 is 6.08 Å². The van der Waals surface area contributed by atoms with Crippen LogP contribution in [-0.2, 0) is 10.5 Å². The second kappa shape index (κ2) is 5.61. The maximum atomic E-state index is 6.59. The summed E-state index contributed by atoms with van der Waals surface area (Å²) in [4.78, 5) is 0. The highest BCUT2D eigenvalue weighted by Gasteiger charge is 2.50. The normalized spacial score (nSPS) is 24.0. The van der Waals surface area contributed by atoms with E-state index in [2.05, 4.69) is 48.5 Å². The molecule has 0 spiro atoms. The second-order valence-corrected chi connectivity index (χ2v) is 6.51. The average molecular weight is 326 g/mol. The fourth-order valence-corrected chi connectivity index (χ4v) is 3.75. The Labute approximate surface area is 147 Å². The standard InChI is InChI=1S/C23H18O2/c1-3-9-17(10-4-1)22-16-20-15-18-11-7-8-14-21(18)24-23(20,25-22)19-12-5-2-6-13-19/h1-15,22H,16H2/t22-,23-/m1/s1. The summed E-state index contributed by atoms with van der Waals surface area (Å²) in [6, 6.07) is 28.8. The van der Waals surface area contributed by atoms with Gasteiger partial charge in [0.1, 0.15) is 5.75 Å². The number of benzene rings is 3. The largest absolute Gasteiger partial charge is 0.453 e. The molecule has 0 aliphatic carbocycles. The highest BCUT2D eigenvalue weighted by Crippen LogP contribution is 2.53. The zero-order valence-electron chi connectivity index (χ0n) is 13.8. The van der Waals surface area contributed by atoms with Gasteiger partial charge in [-0.25, -0.2) is 0 Å². The highest BCUT2D eigenvalue weighted by atomic mass is 16.7. The first kappa shape index (κ1) is 14.5. The molecule has 2 nitrogen and oxygen atoms in total. The summed E-state index contributed by atoms with van der Waals surface area (Å²) in [6.45, 7) is 0. The first-order valence-corrected chi connectivity index (χ1v) is 8.62. The van der Waals surface area contributed by atoms with Crippen molar-refractivity contribution < 1.29 is 9.47 Å². The lowest BCUT2D eigenvalue weighted by Crippen LogP contribution is -2.36. The van der Waals surface area contributed by atoms with E-state index in [0.717, 1.165) is 23.3 Å². The summed E-state index contributed by atoms with van der Waals surface area (Å²) >= 11 is 0. The summed E-state index contributed by atoms with van der Waals surface area (Å²) in [7, 11) is 0. The molecule has 3 aromatic carbocycles. The molecule has 0 aromatic heterocycles. The van der Waals surface area contributed by atoms with E-state index >= 15 is 0 Å². The predicted molar refractivity (Wildman–Crippen MR) is 98.1 cm³/mol. The summed E-state index contributed by atoms with van der Waals surface area (Å²) in [5, 5.41) is 0. The van der Waals surface area contributed by atoms with Gasteiger partial charge in [0.25, 0.3) is 5.79 Å². The molecule has 0 bridgehead atoms. The molecule has 0 radical (unpaired) electrons. The molecule has 1 fully saturated rings. The molecule has 2 heteroatoms. The van der Waals surface area contributed by atoms with Gasteiger partial charge >= 0.3 is 0 Å². The number of para-hydroxylation sites is 1. The van der Waals surface area contributed by atoms with E-state index in [9.17, 15) is 0 Å². The molecule has 2 aliphatic rings. The first-order valence-electron chi connectivity index (χ1n) is 8.62. The van der Waals surface area contributed by atoms with Gasteiger partial charge in [0.2, 0.25) is 0 Å². The second-order valence-electron chi connectivity index (χ2n) is 6.51. The van der Waals surface area contributed by atoms with E-state index in [1.165, 1.54) is 11.1 Å². The molecule has 0 unspecified atom stereocenters. The molecule has 1 saturated heterocycles. The van der Waals surface area contributed by atoms with Gasteiger partial charge in [0.15, 0.2) is 0 Å². The van der Waals surface area contributed by atoms with Crippen molar-refractivity contribution in [3.8, 4) is 5.75 Å². The Morgan fingerprint density at radius 3 is 2.24 bits per heavy atom. The van der Waals surface area contributed by atoms with E-state index in [-0.39, 0.29) is 6.10 Å². The summed E-state index contributed by atoms with van der Waals surface area (Å²) in [5.74, 6) is 0.0275. The maximum absolute atomic E-state index is 6.59. The van der Waals surface area contributed by atoms with Crippen LogP contribution in [0.2, 0.25) is 0 Å². The molecule has 0 saturated carbocycles. The van der Waals surface area contributed by atoms with E-state index in [0.29, 0.717) is 0 Å². The average Bonchev–Trinajstić information content (AvgIpc) is 3.07. The number of fused-ring (bicyclic) bond motifs is 2. The minimum atomic E-state index is -0.837. The van der Waals surface area contributed by atoms with Gasteiger partial charge in [-0.15, -0.1) is 0 Å². The molecule has 2 heterocycles. The van der Waals surface area contributed by atoms with E-state index in [1.807, 2.05) is 42.5 Å². The third kappa shape index (κ3) is 2.30. The number of hydrogen-bond acceptors (Lipinski definition) is 2. The van der Waals surface area contributed by atoms with Crippen LogP contribution in [0.3, 0.4) is 0 Å². The van der Waals surface area contributed by atoms with Crippen molar-refractivity contribution in [2.45, 2.75) is 18.3 Å². The van der Waals surface area contributed by atoms with Crippen molar-refractivity contribution in [3.05, 3.63) is 107 Å². The SMILES string of the molecule is C1=C2C[C@H](c3ccccc3)O[C@@]2(c2ccccc2)Oc2ccccc21. The molecule has 122 valence electrons. The topological polar surface area (TPSA) is 18.5 Å². The van der Waals surface area contributed by atoms with E-state index in [1.54, 1.807) is 0 Å². The molecular formula is C23H18O2. The van der Waals surface area contributed by atoms with Gasteiger partial charge in [-0.1, -0.05) is 78.9 Å². The Morgan fingerprint density at radius 2 is 1.44 bits per heavy atom. The fourth-order valence-electron chi connectivity index (χ4n) is 3.75. The molecule has 5 rings (SSSR count). The van der Waals surface area contributed by atoms with Crippen LogP contribution in [0.4, 0.5) is 0 Å². The minimum Gasteiger partial charge on any atom is -0.453 e. The number of hydrogen-bond donors (Lipinski definition) is 0.